The summed E-state index contributed by atoms with van der Waals surface area (Å²) < 4.78 is 22.7. The number of rotatable bonds is 5. The average Bonchev–Trinajstić information content (AvgIpc) is 3.03. The van der Waals surface area contributed by atoms with Gasteiger partial charge in [0, 0.05) is 13.0 Å². The normalized spacial score (nSPS) is 25.6. The molecule has 1 unspecified atom stereocenters. The molecular weight excluding hydrogens is 250 g/mol. The Labute approximate surface area is 109 Å². The van der Waals surface area contributed by atoms with Crippen molar-refractivity contribution in [3.63, 3.8) is 0 Å². The number of amides is 1. The van der Waals surface area contributed by atoms with E-state index < -0.39 is 9.84 Å². The Morgan fingerprint density at radius 2 is 2.00 bits per heavy atom. The van der Waals surface area contributed by atoms with E-state index >= 15 is 0 Å². The number of hydrogen-bond donors (Lipinski definition) is 0. The molecule has 1 saturated heterocycles. The molecule has 4 nitrogen and oxygen atoms in total. The Kier molecular flexibility index (Phi) is 3.96. The molecule has 1 aliphatic carbocycles. The first-order valence-corrected chi connectivity index (χ1v) is 8.24. The maximum absolute atomic E-state index is 12.1. The van der Waals surface area contributed by atoms with Gasteiger partial charge in [-0.25, -0.2) is 8.42 Å². The van der Waals surface area contributed by atoms with Gasteiger partial charge in [0.05, 0.1) is 18.1 Å². The third-order valence-corrected chi connectivity index (χ3v) is 5.44. The van der Waals surface area contributed by atoms with Crippen LogP contribution in [0.15, 0.2) is 0 Å². The zero-order chi connectivity index (χ0) is 13.2. The summed E-state index contributed by atoms with van der Waals surface area (Å²) in [6.07, 6.45) is 8.56. The standard InChI is InChI=1S/C13H19NO3S/c1-2-6-14(9-11-3-4-11)13(15)8-12-5-7-18(16,17)10-12/h1,11-12H,3-10H2. The molecule has 0 radical (unpaired) electrons. The Morgan fingerprint density at radius 3 is 2.50 bits per heavy atom. The predicted octanol–water partition coefficient (Wildman–Crippen LogP) is 0.683. The van der Waals surface area contributed by atoms with Crippen molar-refractivity contribution in [1.82, 2.24) is 4.90 Å². The number of carbonyl (C=O) groups excluding carboxylic acids is 1. The summed E-state index contributed by atoms with van der Waals surface area (Å²) in [5.41, 5.74) is 0. The van der Waals surface area contributed by atoms with Crippen molar-refractivity contribution in [3.8, 4) is 12.3 Å². The molecule has 1 amide bonds. The lowest BCUT2D eigenvalue weighted by Crippen LogP contribution is -2.34. The lowest BCUT2D eigenvalue weighted by Gasteiger charge is -2.21. The minimum absolute atomic E-state index is 0.0121. The van der Waals surface area contributed by atoms with Crippen LogP contribution in [0.5, 0.6) is 0 Å². The van der Waals surface area contributed by atoms with Crippen LogP contribution >= 0.6 is 0 Å². The molecule has 1 atom stereocenters. The van der Waals surface area contributed by atoms with E-state index in [0.29, 0.717) is 25.3 Å². The van der Waals surface area contributed by atoms with Crippen molar-refractivity contribution in [3.05, 3.63) is 0 Å². The van der Waals surface area contributed by atoms with Crippen LogP contribution in [0.3, 0.4) is 0 Å². The van der Waals surface area contributed by atoms with Crippen LogP contribution in [0, 0.1) is 24.2 Å². The van der Waals surface area contributed by atoms with Crippen LogP contribution in [0.4, 0.5) is 0 Å². The third kappa shape index (κ3) is 3.74. The summed E-state index contributed by atoms with van der Waals surface area (Å²) in [6, 6.07) is 0. The fourth-order valence-electron chi connectivity index (χ4n) is 2.39. The minimum atomic E-state index is -2.90. The number of sulfone groups is 1. The van der Waals surface area contributed by atoms with Gasteiger partial charge in [-0.1, -0.05) is 5.92 Å². The van der Waals surface area contributed by atoms with E-state index in [4.69, 9.17) is 6.42 Å². The van der Waals surface area contributed by atoms with Crippen molar-refractivity contribution < 1.29 is 13.2 Å². The molecule has 1 aliphatic heterocycles. The lowest BCUT2D eigenvalue weighted by atomic mass is 10.0. The van der Waals surface area contributed by atoms with E-state index in [0.717, 1.165) is 6.54 Å². The largest absolute Gasteiger partial charge is 0.331 e. The highest BCUT2D eigenvalue weighted by molar-refractivity contribution is 7.91. The third-order valence-electron chi connectivity index (χ3n) is 3.60. The highest BCUT2D eigenvalue weighted by atomic mass is 32.2. The predicted molar refractivity (Wildman–Crippen MR) is 69.5 cm³/mol. The molecule has 2 aliphatic rings. The molecule has 5 heteroatoms. The SMILES string of the molecule is C#CCN(CC1CC1)C(=O)CC1CCS(=O)(=O)C1. The minimum Gasteiger partial charge on any atom is -0.331 e. The average molecular weight is 269 g/mol. The first-order chi connectivity index (χ1) is 8.50. The number of hydrogen-bond acceptors (Lipinski definition) is 3. The highest BCUT2D eigenvalue weighted by Crippen LogP contribution is 2.30. The maximum atomic E-state index is 12.1. The first-order valence-electron chi connectivity index (χ1n) is 6.42. The van der Waals surface area contributed by atoms with Crippen LogP contribution < -0.4 is 0 Å². The van der Waals surface area contributed by atoms with Crippen LogP contribution in [0.25, 0.3) is 0 Å². The molecule has 2 fully saturated rings. The van der Waals surface area contributed by atoms with Crippen molar-refractivity contribution in [1.29, 1.82) is 0 Å². The zero-order valence-electron chi connectivity index (χ0n) is 10.5. The van der Waals surface area contributed by atoms with Crippen molar-refractivity contribution in [2.75, 3.05) is 24.6 Å². The van der Waals surface area contributed by atoms with Crippen molar-refractivity contribution in [2.45, 2.75) is 25.7 Å². The molecule has 0 spiro atoms. The lowest BCUT2D eigenvalue weighted by molar-refractivity contribution is -0.131. The molecular formula is C13H19NO3S. The van der Waals surface area contributed by atoms with E-state index in [1.807, 2.05) is 0 Å². The summed E-state index contributed by atoms with van der Waals surface area (Å²) in [5.74, 6) is 3.50. The molecule has 1 saturated carbocycles. The Morgan fingerprint density at radius 1 is 1.28 bits per heavy atom. The van der Waals surface area contributed by atoms with Crippen LogP contribution in [0.1, 0.15) is 25.7 Å². The van der Waals surface area contributed by atoms with Crippen LogP contribution in [-0.2, 0) is 14.6 Å². The Balaban J connectivity index is 1.86. The van der Waals surface area contributed by atoms with Gasteiger partial charge in [0.2, 0.25) is 5.91 Å². The summed E-state index contributed by atoms with van der Waals surface area (Å²) in [7, 11) is -2.90. The molecule has 0 aromatic rings. The molecule has 100 valence electrons. The quantitative estimate of drug-likeness (QED) is 0.690. The Hall–Kier alpha value is -1.02. The number of terminal acetylenes is 1. The summed E-state index contributed by atoms with van der Waals surface area (Å²) in [5, 5.41) is 0. The van der Waals surface area contributed by atoms with Gasteiger partial charge in [0.1, 0.15) is 0 Å². The fraction of sp³-hybridized carbons (Fsp3) is 0.769. The van der Waals surface area contributed by atoms with Gasteiger partial charge >= 0.3 is 0 Å². The molecule has 1 heterocycles. The van der Waals surface area contributed by atoms with E-state index in [1.165, 1.54) is 12.8 Å². The van der Waals surface area contributed by atoms with Gasteiger partial charge in [-0.05, 0) is 31.1 Å². The smallest absolute Gasteiger partial charge is 0.223 e. The van der Waals surface area contributed by atoms with Gasteiger partial charge in [0.15, 0.2) is 9.84 Å². The second-order valence-electron chi connectivity index (χ2n) is 5.39. The van der Waals surface area contributed by atoms with Crippen molar-refractivity contribution in [2.24, 2.45) is 11.8 Å². The van der Waals surface area contributed by atoms with Gasteiger partial charge in [-0.2, -0.15) is 0 Å². The molecule has 0 N–H and O–H groups in total. The summed E-state index contributed by atoms with van der Waals surface area (Å²) in [6.45, 7) is 1.08. The van der Waals surface area contributed by atoms with Gasteiger partial charge in [-0.15, -0.1) is 6.42 Å². The first kappa shape index (κ1) is 13.4. The molecule has 2 rings (SSSR count). The molecule has 0 aromatic carbocycles. The summed E-state index contributed by atoms with van der Waals surface area (Å²) in [4.78, 5) is 13.8. The van der Waals surface area contributed by atoms with E-state index in [-0.39, 0.29) is 23.3 Å². The second kappa shape index (κ2) is 5.31. The van der Waals surface area contributed by atoms with Crippen LogP contribution in [0.2, 0.25) is 0 Å². The molecule has 0 bridgehead atoms. The van der Waals surface area contributed by atoms with Gasteiger partial charge < -0.3 is 4.90 Å². The summed E-state index contributed by atoms with van der Waals surface area (Å²) >= 11 is 0. The fourth-order valence-corrected chi connectivity index (χ4v) is 4.25. The molecule has 18 heavy (non-hydrogen) atoms. The van der Waals surface area contributed by atoms with E-state index in [1.54, 1.807) is 4.90 Å². The van der Waals surface area contributed by atoms with E-state index in [2.05, 4.69) is 5.92 Å². The zero-order valence-corrected chi connectivity index (χ0v) is 11.3. The Bertz CT molecular complexity index is 459. The number of carbonyl (C=O) groups is 1. The maximum Gasteiger partial charge on any atom is 0.223 e. The van der Waals surface area contributed by atoms with E-state index in [9.17, 15) is 13.2 Å². The topological polar surface area (TPSA) is 54.5 Å². The monoisotopic (exact) mass is 269 g/mol. The van der Waals surface area contributed by atoms with Gasteiger partial charge in [0.25, 0.3) is 0 Å². The second-order valence-corrected chi connectivity index (χ2v) is 7.62. The van der Waals surface area contributed by atoms with Crippen LogP contribution in [-0.4, -0.2) is 43.8 Å². The van der Waals surface area contributed by atoms with Gasteiger partial charge in [-0.3, -0.25) is 4.79 Å². The van der Waals surface area contributed by atoms with Crippen molar-refractivity contribution >= 4 is 15.7 Å². The highest BCUT2D eigenvalue weighted by Gasteiger charge is 2.32. The number of nitrogens with zero attached hydrogens (tertiary/aromatic N) is 1. The molecule has 0 aromatic heterocycles.